The molecule has 2 aliphatic heterocycles. The Morgan fingerprint density at radius 3 is 2.79 bits per heavy atom. The number of hydrogen-bond donors (Lipinski definition) is 1. The van der Waals surface area contributed by atoms with E-state index < -0.39 is 10.0 Å². The topological polar surface area (TPSA) is 88.8 Å². The van der Waals surface area contributed by atoms with E-state index in [0.717, 1.165) is 30.8 Å². The molecule has 0 atom stereocenters. The maximum absolute atomic E-state index is 12.3. The van der Waals surface area contributed by atoms with Crippen LogP contribution in [0.25, 0.3) is 0 Å². The van der Waals surface area contributed by atoms with Crippen LogP contribution in [-0.2, 0) is 10.0 Å². The van der Waals surface area contributed by atoms with Crippen LogP contribution < -0.4 is 5.32 Å². The predicted octanol–water partition coefficient (Wildman–Crippen LogP) is 0.511. The predicted molar refractivity (Wildman–Crippen MR) is 92.5 cm³/mol. The molecule has 1 aliphatic carbocycles. The van der Waals surface area contributed by atoms with E-state index in [2.05, 4.69) is 28.0 Å². The lowest BCUT2D eigenvalue weighted by Crippen LogP contribution is -2.52. The molecule has 2 heterocycles. The SMILES string of the molecule is C=N/C(=C1/C=CNC1)N(C)[C@H]1C[C@@H](CS(=O)(=O)N2CC(C#N)C2)C1. The number of hydrogen-bond acceptors (Lipinski definition) is 6. The highest BCUT2D eigenvalue weighted by Crippen LogP contribution is 2.36. The van der Waals surface area contributed by atoms with Crippen LogP contribution in [0.2, 0.25) is 0 Å². The summed E-state index contributed by atoms with van der Waals surface area (Å²) in [7, 11) is -1.23. The van der Waals surface area contributed by atoms with Crippen molar-refractivity contribution in [1.82, 2.24) is 14.5 Å². The molecule has 0 aromatic rings. The molecular weight excluding hydrogens is 326 g/mol. The van der Waals surface area contributed by atoms with Gasteiger partial charge in [-0.25, -0.2) is 13.4 Å². The van der Waals surface area contributed by atoms with Gasteiger partial charge in [-0.15, -0.1) is 0 Å². The van der Waals surface area contributed by atoms with Crippen LogP contribution >= 0.6 is 0 Å². The van der Waals surface area contributed by atoms with Crippen molar-refractivity contribution in [3.8, 4) is 6.07 Å². The third-order valence-electron chi connectivity index (χ3n) is 5.09. The average Bonchev–Trinajstić information content (AvgIpc) is 2.95. The minimum atomic E-state index is -3.22. The Morgan fingerprint density at radius 2 is 2.25 bits per heavy atom. The molecule has 0 unspecified atom stereocenters. The van der Waals surface area contributed by atoms with Crippen molar-refractivity contribution < 1.29 is 8.42 Å². The Morgan fingerprint density at radius 1 is 1.54 bits per heavy atom. The molecule has 7 nitrogen and oxygen atoms in total. The molecule has 1 saturated heterocycles. The fourth-order valence-corrected chi connectivity index (χ4v) is 5.35. The normalized spacial score (nSPS) is 29.2. The Labute approximate surface area is 143 Å². The van der Waals surface area contributed by atoms with E-state index in [0.29, 0.717) is 19.1 Å². The first-order chi connectivity index (χ1) is 11.4. The van der Waals surface area contributed by atoms with Crippen molar-refractivity contribution in [1.29, 1.82) is 5.26 Å². The van der Waals surface area contributed by atoms with Gasteiger partial charge in [0, 0.05) is 38.3 Å². The Balaban J connectivity index is 1.52. The zero-order chi connectivity index (χ0) is 17.3. The van der Waals surface area contributed by atoms with Gasteiger partial charge in [0.05, 0.1) is 17.7 Å². The molecule has 8 heteroatoms. The van der Waals surface area contributed by atoms with Crippen LogP contribution in [-0.4, -0.2) is 62.8 Å². The highest BCUT2D eigenvalue weighted by atomic mass is 32.2. The zero-order valence-electron chi connectivity index (χ0n) is 13.9. The summed E-state index contributed by atoms with van der Waals surface area (Å²) in [6.45, 7) is 5.12. The molecule has 2 fully saturated rings. The van der Waals surface area contributed by atoms with Gasteiger partial charge < -0.3 is 10.2 Å². The van der Waals surface area contributed by atoms with Gasteiger partial charge in [0.15, 0.2) is 0 Å². The summed E-state index contributed by atoms with van der Waals surface area (Å²) in [5.41, 5.74) is 1.10. The van der Waals surface area contributed by atoms with E-state index in [1.165, 1.54) is 4.31 Å². The molecule has 1 saturated carbocycles. The van der Waals surface area contributed by atoms with E-state index >= 15 is 0 Å². The van der Waals surface area contributed by atoms with E-state index in [4.69, 9.17) is 5.26 Å². The van der Waals surface area contributed by atoms with Gasteiger partial charge in [0.25, 0.3) is 0 Å². The molecule has 130 valence electrons. The summed E-state index contributed by atoms with van der Waals surface area (Å²) < 4.78 is 26.0. The monoisotopic (exact) mass is 349 g/mol. The summed E-state index contributed by atoms with van der Waals surface area (Å²) in [6, 6.07) is 2.41. The largest absolute Gasteiger partial charge is 0.387 e. The Hall–Kier alpha value is -1.85. The van der Waals surface area contributed by atoms with Crippen LogP contribution in [0.4, 0.5) is 0 Å². The number of sulfonamides is 1. The molecule has 1 N–H and O–H groups in total. The Kier molecular flexibility index (Phi) is 4.65. The molecular formula is C16H23N5O2S. The summed E-state index contributed by atoms with van der Waals surface area (Å²) in [4.78, 5) is 6.26. The highest BCUT2D eigenvalue weighted by Gasteiger charge is 2.41. The van der Waals surface area contributed by atoms with Gasteiger partial charge in [0.2, 0.25) is 10.0 Å². The van der Waals surface area contributed by atoms with Crippen molar-refractivity contribution in [2.45, 2.75) is 18.9 Å². The van der Waals surface area contributed by atoms with Crippen molar-refractivity contribution in [2.24, 2.45) is 16.8 Å². The molecule has 3 rings (SSSR count). The first-order valence-corrected chi connectivity index (χ1v) is 9.75. The minimum Gasteiger partial charge on any atom is -0.387 e. The second-order valence-electron chi connectivity index (χ2n) is 6.74. The van der Waals surface area contributed by atoms with Crippen LogP contribution in [0, 0.1) is 23.2 Å². The second kappa shape index (κ2) is 6.57. The van der Waals surface area contributed by atoms with Crippen molar-refractivity contribution >= 4 is 16.7 Å². The fraction of sp³-hybridized carbons (Fsp3) is 0.625. The van der Waals surface area contributed by atoms with E-state index in [1.807, 2.05) is 19.3 Å². The second-order valence-corrected chi connectivity index (χ2v) is 8.76. The van der Waals surface area contributed by atoms with Crippen LogP contribution in [0.15, 0.2) is 28.7 Å². The smallest absolute Gasteiger partial charge is 0.214 e. The van der Waals surface area contributed by atoms with E-state index in [1.54, 1.807) is 0 Å². The van der Waals surface area contributed by atoms with Gasteiger partial charge in [-0.3, -0.25) is 0 Å². The Bertz CT molecular complexity index is 709. The number of nitrogens with zero attached hydrogens (tertiary/aromatic N) is 4. The lowest BCUT2D eigenvalue weighted by atomic mass is 9.80. The third kappa shape index (κ3) is 3.19. The molecule has 0 amide bonds. The lowest BCUT2D eigenvalue weighted by molar-refractivity contribution is 0.138. The highest BCUT2D eigenvalue weighted by molar-refractivity contribution is 7.89. The molecule has 0 radical (unpaired) electrons. The van der Waals surface area contributed by atoms with Gasteiger partial charge in [0.1, 0.15) is 5.82 Å². The molecule has 0 aromatic heterocycles. The van der Waals surface area contributed by atoms with Crippen molar-refractivity contribution in [3.63, 3.8) is 0 Å². The average molecular weight is 349 g/mol. The summed E-state index contributed by atoms with van der Waals surface area (Å²) >= 11 is 0. The number of rotatable bonds is 6. The van der Waals surface area contributed by atoms with Gasteiger partial charge >= 0.3 is 0 Å². The first-order valence-electron chi connectivity index (χ1n) is 8.14. The first kappa shape index (κ1) is 17.0. The third-order valence-corrected chi connectivity index (χ3v) is 7.07. The van der Waals surface area contributed by atoms with E-state index in [9.17, 15) is 8.42 Å². The molecule has 24 heavy (non-hydrogen) atoms. The summed E-state index contributed by atoms with van der Waals surface area (Å²) in [6.07, 6.45) is 5.58. The standard InChI is InChI=1S/C16H23N5O2S/c1-18-16(14-3-4-19-8-14)20(2)15-5-12(6-15)11-24(22,23)21-9-13(7-17)10-21/h3-4,12-13,15,19H,1,5-6,8-11H2,2H3/b16-14+/t12-,15+. The van der Waals surface area contributed by atoms with E-state index in [-0.39, 0.29) is 17.6 Å². The molecule has 0 aromatic carbocycles. The zero-order valence-corrected chi connectivity index (χ0v) is 14.7. The number of aliphatic imine (C=N–C) groups is 1. The fourth-order valence-electron chi connectivity index (χ4n) is 3.46. The summed E-state index contributed by atoms with van der Waals surface area (Å²) in [5, 5.41) is 11.9. The van der Waals surface area contributed by atoms with Gasteiger partial charge in [-0.1, -0.05) is 0 Å². The van der Waals surface area contributed by atoms with Gasteiger partial charge in [-0.05, 0) is 37.8 Å². The van der Waals surface area contributed by atoms with Crippen LogP contribution in [0.3, 0.4) is 0 Å². The molecule has 0 spiro atoms. The van der Waals surface area contributed by atoms with Crippen LogP contribution in [0.1, 0.15) is 12.8 Å². The van der Waals surface area contributed by atoms with Gasteiger partial charge in [-0.2, -0.15) is 9.57 Å². The van der Waals surface area contributed by atoms with Crippen molar-refractivity contribution in [3.05, 3.63) is 23.7 Å². The number of nitrogens with one attached hydrogen (secondary N) is 1. The maximum atomic E-state index is 12.3. The van der Waals surface area contributed by atoms with Crippen molar-refractivity contribution in [2.75, 3.05) is 32.4 Å². The molecule has 3 aliphatic rings. The van der Waals surface area contributed by atoms with Crippen LogP contribution in [0.5, 0.6) is 0 Å². The quantitative estimate of drug-likeness (QED) is 0.706. The summed E-state index contributed by atoms with van der Waals surface area (Å²) in [5.74, 6) is 1.09. The maximum Gasteiger partial charge on any atom is 0.214 e. The number of nitriles is 1. The molecule has 0 bridgehead atoms. The minimum absolute atomic E-state index is 0.138. The lowest BCUT2D eigenvalue weighted by Gasteiger charge is -2.43.